The summed E-state index contributed by atoms with van der Waals surface area (Å²) in [6.45, 7) is 5.37. The summed E-state index contributed by atoms with van der Waals surface area (Å²) in [5, 5.41) is 27.0. The molecule has 3 rings (SSSR count). The van der Waals surface area contributed by atoms with E-state index in [1.54, 1.807) is 6.92 Å². The van der Waals surface area contributed by atoms with Crippen molar-refractivity contribution >= 4 is 11.8 Å². The molecule has 0 saturated carbocycles. The molecule has 1 saturated heterocycles. The van der Waals surface area contributed by atoms with E-state index in [1.165, 1.54) is 27.1 Å². The van der Waals surface area contributed by atoms with E-state index in [-0.39, 0.29) is 35.9 Å². The maximum absolute atomic E-state index is 12.9. The fourth-order valence-electron chi connectivity index (χ4n) is 3.62. The summed E-state index contributed by atoms with van der Waals surface area (Å²) in [5.41, 5.74) is 0.624. The minimum atomic E-state index is -0.681. The Morgan fingerprint density at radius 3 is 2.77 bits per heavy atom. The predicted octanol–water partition coefficient (Wildman–Crippen LogP) is 0.327. The summed E-state index contributed by atoms with van der Waals surface area (Å²) < 4.78 is 10.1. The standard InChI is InChI=1S/C20H31N5O5S/c1-3-6-23-12-15(21-22-23)5-4-8-30-9-7-24-19(28)14(2)11-25(20(24)29)18-10-16(27)17(13-26)31-18/h11-12,16-18,26-27H,3-10,13H2,1-2H3/t16?,17-,18?/m1/s1. The quantitative estimate of drug-likeness (QED) is 0.467. The first-order chi connectivity index (χ1) is 14.9. The highest BCUT2D eigenvalue weighted by atomic mass is 32.2. The number of aryl methyl sites for hydroxylation is 3. The molecule has 0 bridgehead atoms. The Kier molecular flexibility index (Phi) is 8.47. The molecule has 0 aliphatic carbocycles. The van der Waals surface area contributed by atoms with E-state index in [9.17, 15) is 19.8 Å². The molecule has 2 unspecified atom stereocenters. The van der Waals surface area contributed by atoms with Gasteiger partial charge in [-0.25, -0.2) is 4.79 Å². The van der Waals surface area contributed by atoms with Gasteiger partial charge < -0.3 is 14.9 Å². The van der Waals surface area contributed by atoms with E-state index < -0.39 is 11.8 Å². The zero-order chi connectivity index (χ0) is 22.4. The first kappa shape index (κ1) is 23.7. The predicted molar refractivity (Wildman–Crippen MR) is 117 cm³/mol. The third kappa shape index (κ3) is 5.85. The Morgan fingerprint density at radius 1 is 1.26 bits per heavy atom. The number of hydrogen-bond donors (Lipinski definition) is 2. The molecule has 3 heterocycles. The third-order valence-electron chi connectivity index (χ3n) is 5.28. The van der Waals surface area contributed by atoms with Crippen LogP contribution < -0.4 is 11.2 Å². The van der Waals surface area contributed by atoms with Gasteiger partial charge in [-0.2, -0.15) is 0 Å². The van der Waals surface area contributed by atoms with Crippen molar-refractivity contribution in [3.8, 4) is 0 Å². The average molecular weight is 454 g/mol. The Hall–Kier alpha value is -1.95. The van der Waals surface area contributed by atoms with Crippen LogP contribution in [-0.4, -0.2) is 65.5 Å². The number of ether oxygens (including phenoxy) is 1. The van der Waals surface area contributed by atoms with E-state index in [1.807, 2.05) is 10.9 Å². The largest absolute Gasteiger partial charge is 0.395 e. The lowest BCUT2D eigenvalue weighted by molar-refractivity contribution is 0.121. The van der Waals surface area contributed by atoms with Crippen LogP contribution in [0.2, 0.25) is 0 Å². The molecule has 2 aromatic heterocycles. The zero-order valence-electron chi connectivity index (χ0n) is 18.0. The van der Waals surface area contributed by atoms with Crippen molar-refractivity contribution in [3.05, 3.63) is 44.5 Å². The number of aliphatic hydroxyl groups excluding tert-OH is 2. The number of thioether (sulfide) groups is 1. The molecule has 31 heavy (non-hydrogen) atoms. The molecule has 2 N–H and O–H groups in total. The van der Waals surface area contributed by atoms with Crippen molar-refractivity contribution in [1.29, 1.82) is 0 Å². The highest BCUT2D eigenvalue weighted by Gasteiger charge is 2.35. The summed E-state index contributed by atoms with van der Waals surface area (Å²) in [7, 11) is 0. The second-order valence-corrected chi connectivity index (χ2v) is 9.18. The Balaban J connectivity index is 1.53. The number of aromatic nitrogens is 5. The number of rotatable bonds is 11. The first-order valence-corrected chi connectivity index (χ1v) is 11.6. The second-order valence-electron chi connectivity index (χ2n) is 7.76. The van der Waals surface area contributed by atoms with Gasteiger partial charge in [0, 0.05) is 37.5 Å². The molecule has 1 aliphatic rings. The van der Waals surface area contributed by atoms with Crippen molar-refractivity contribution in [3.63, 3.8) is 0 Å². The van der Waals surface area contributed by atoms with Crippen LogP contribution in [0.4, 0.5) is 0 Å². The highest BCUT2D eigenvalue weighted by molar-refractivity contribution is 8.00. The zero-order valence-corrected chi connectivity index (χ0v) is 18.8. The molecule has 11 heteroatoms. The molecule has 0 spiro atoms. The molecule has 2 aromatic rings. The fourth-order valence-corrected chi connectivity index (χ4v) is 4.99. The smallest absolute Gasteiger partial charge is 0.332 e. The van der Waals surface area contributed by atoms with E-state index in [0.29, 0.717) is 18.6 Å². The van der Waals surface area contributed by atoms with Crippen LogP contribution in [0, 0.1) is 6.92 Å². The van der Waals surface area contributed by atoms with Gasteiger partial charge in [-0.15, -0.1) is 16.9 Å². The van der Waals surface area contributed by atoms with Gasteiger partial charge in [0.05, 0.1) is 42.2 Å². The third-order valence-corrected chi connectivity index (χ3v) is 6.83. The monoisotopic (exact) mass is 453 g/mol. The van der Waals surface area contributed by atoms with Crippen molar-refractivity contribution in [1.82, 2.24) is 24.1 Å². The number of hydrogen-bond acceptors (Lipinski definition) is 8. The van der Waals surface area contributed by atoms with Gasteiger partial charge in [0.15, 0.2) is 0 Å². The van der Waals surface area contributed by atoms with Crippen LogP contribution in [0.5, 0.6) is 0 Å². The van der Waals surface area contributed by atoms with Crippen molar-refractivity contribution in [2.45, 2.75) is 69.3 Å². The van der Waals surface area contributed by atoms with Crippen LogP contribution in [0.3, 0.4) is 0 Å². The van der Waals surface area contributed by atoms with Gasteiger partial charge in [-0.05, 0) is 26.2 Å². The number of nitrogens with zero attached hydrogens (tertiary/aromatic N) is 5. The van der Waals surface area contributed by atoms with Crippen LogP contribution >= 0.6 is 11.8 Å². The van der Waals surface area contributed by atoms with E-state index >= 15 is 0 Å². The average Bonchev–Trinajstić information content (AvgIpc) is 3.35. The molecule has 0 amide bonds. The van der Waals surface area contributed by atoms with Crippen LogP contribution in [0.25, 0.3) is 0 Å². The lowest BCUT2D eigenvalue weighted by atomic mass is 10.2. The van der Waals surface area contributed by atoms with Gasteiger partial charge in [0.1, 0.15) is 0 Å². The normalized spacial score (nSPS) is 21.1. The molecule has 3 atom stereocenters. The van der Waals surface area contributed by atoms with E-state index in [4.69, 9.17) is 4.74 Å². The van der Waals surface area contributed by atoms with Gasteiger partial charge in [-0.3, -0.25) is 18.6 Å². The van der Waals surface area contributed by atoms with Crippen molar-refractivity contribution < 1.29 is 14.9 Å². The van der Waals surface area contributed by atoms with Crippen molar-refractivity contribution in [2.75, 3.05) is 19.8 Å². The molecule has 0 aromatic carbocycles. The van der Waals surface area contributed by atoms with Crippen LogP contribution in [0.15, 0.2) is 22.0 Å². The summed E-state index contributed by atoms with van der Waals surface area (Å²) in [5.74, 6) is 0. The van der Waals surface area contributed by atoms with Gasteiger partial charge in [0.25, 0.3) is 5.56 Å². The molecule has 1 aliphatic heterocycles. The Bertz CT molecular complexity index is 972. The van der Waals surface area contributed by atoms with E-state index in [2.05, 4.69) is 17.2 Å². The fraction of sp³-hybridized carbons (Fsp3) is 0.700. The van der Waals surface area contributed by atoms with Gasteiger partial charge >= 0.3 is 5.69 Å². The molecular weight excluding hydrogens is 422 g/mol. The second kappa shape index (κ2) is 11.1. The van der Waals surface area contributed by atoms with Gasteiger partial charge in [0.2, 0.25) is 0 Å². The highest BCUT2D eigenvalue weighted by Crippen LogP contribution is 2.40. The molecule has 1 fully saturated rings. The molecular formula is C20H31N5O5S. The van der Waals surface area contributed by atoms with Crippen LogP contribution in [-0.2, 0) is 24.2 Å². The van der Waals surface area contributed by atoms with Crippen molar-refractivity contribution in [2.24, 2.45) is 0 Å². The lowest BCUT2D eigenvalue weighted by Crippen LogP contribution is -2.42. The Morgan fingerprint density at radius 2 is 2.06 bits per heavy atom. The molecule has 172 valence electrons. The summed E-state index contributed by atoms with van der Waals surface area (Å²) in [4.78, 5) is 25.4. The van der Waals surface area contributed by atoms with Crippen LogP contribution in [0.1, 0.15) is 42.8 Å². The summed E-state index contributed by atoms with van der Waals surface area (Å²) >= 11 is 1.35. The summed E-state index contributed by atoms with van der Waals surface area (Å²) in [6.07, 6.45) is 5.70. The minimum Gasteiger partial charge on any atom is -0.395 e. The first-order valence-electron chi connectivity index (χ1n) is 10.7. The number of aliphatic hydroxyl groups is 2. The lowest BCUT2D eigenvalue weighted by Gasteiger charge is -2.16. The molecule has 10 nitrogen and oxygen atoms in total. The minimum absolute atomic E-state index is 0.154. The Labute approximate surface area is 184 Å². The molecule has 0 radical (unpaired) electrons. The topological polar surface area (TPSA) is 124 Å². The van der Waals surface area contributed by atoms with Gasteiger partial charge in [-0.1, -0.05) is 12.1 Å². The maximum Gasteiger partial charge on any atom is 0.332 e. The van der Waals surface area contributed by atoms with E-state index in [0.717, 1.165) is 31.5 Å². The SMILES string of the molecule is CCCn1cc(CCCOCCn2c(=O)c(C)cn(C3CC(O)[C@@H](CO)S3)c2=O)nn1. The summed E-state index contributed by atoms with van der Waals surface area (Å²) in [6, 6.07) is 0. The maximum atomic E-state index is 12.9.